The molecule has 2 unspecified atom stereocenters. The summed E-state index contributed by atoms with van der Waals surface area (Å²) < 4.78 is 0. The Bertz CT molecular complexity index is 373. The van der Waals surface area contributed by atoms with Gasteiger partial charge in [-0.2, -0.15) is 0 Å². The van der Waals surface area contributed by atoms with Crippen LogP contribution in [0.4, 0.5) is 0 Å². The number of carbonyl (C=O) groups excluding carboxylic acids is 2. The van der Waals surface area contributed by atoms with Gasteiger partial charge in [-0.1, -0.05) is 27.7 Å². The first-order valence-corrected chi connectivity index (χ1v) is 6.25. The number of piperazine rings is 1. The molecule has 1 saturated heterocycles. The molecule has 2 amide bonds. The maximum atomic E-state index is 12.2. The summed E-state index contributed by atoms with van der Waals surface area (Å²) in [5.41, 5.74) is 0.155. The normalized spacial score (nSPS) is 35.8. The van der Waals surface area contributed by atoms with Crippen LogP contribution >= 0.6 is 0 Å². The van der Waals surface area contributed by atoms with E-state index in [1.165, 1.54) is 0 Å². The first kappa shape index (κ1) is 12.4. The van der Waals surface area contributed by atoms with Crippen molar-refractivity contribution in [1.82, 2.24) is 10.2 Å². The van der Waals surface area contributed by atoms with Crippen LogP contribution in [0.3, 0.4) is 0 Å². The molecule has 2 atom stereocenters. The van der Waals surface area contributed by atoms with Crippen LogP contribution in [0, 0.1) is 10.8 Å². The molecule has 96 valence electrons. The Labute approximate surface area is 103 Å². The highest BCUT2D eigenvalue weighted by Crippen LogP contribution is 2.65. The smallest absolute Gasteiger partial charge is 0.245 e. The topological polar surface area (TPSA) is 49.4 Å². The van der Waals surface area contributed by atoms with E-state index in [-0.39, 0.29) is 34.7 Å². The number of amides is 2. The lowest BCUT2D eigenvalue weighted by atomic mass is 10.0. The van der Waals surface area contributed by atoms with E-state index in [4.69, 9.17) is 0 Å². The molecule has 0 aromatic carbocycles. The van der Waals surface area contributed by atoms with Crippen LogP contribution in [0.5, 0.6) is 0 Å². The van der Waals surface area contributed by atoms with Crippen LogP contribution in [0.1, 0.15) is 41.5 Å². The monoisotopic (exact) mass is 238 g/mol. The molecule has 0 radical (unpaired) electrons. The molecule has 1 aliphatic heterocycles. The summed E-state index contributed by atoms with van der Waals surface area (Å²) in [6.45, 7) is 12.2. The number of hydrogen-bond donors (Lipinski definition) is 1. The summed E-state index contributed by atoms with van der Waals surface area (Å²) in [5, 5.41) is 2.72. The Morgan fingerprint density at radius 2 is 1.53 bits per heavy atom. The molecule has 0 spiro atoms. The Balaban J connectivity index is 2.32. The third-order valence-corrected chi connectivity index (χ3v) is 5.00. The van der Waals surface area contributed by atoms with Crippen molar-refractivity contribution >= 4 is 11.8 Å². The minimum atomic E-state index is -0.397. The lowest BCUT2D eigenvalue weighted by Crippen LogP contribution is -2.62. The van der Waals surface area contributed by atoms with Gasteiger partial charge in [0.1, 0.15) is 12.1 Å². The van der Waals surface area contributed by atoms with Crippen LogP contribution < -0.4 is 5.32 Å². The van der Waals surface area contributed by atoms with Crippen molar-refractivity contribution in [1.29, 1.82) is 0 Å². The van der Waals surface area contributed by atoms with Gasteiger partial charge in [-0.15, -0.1) is 0 Å². The summed E-state index contributed by atoms with van der Waals surface area (Å²) in [6.07, 6.45) is 0. The van der Waals surface area contributed by atoms with Gasteiger partial charge in [-0.05, 0) is 24.7 Å². The zero-order valence-corrected chi connectivity index (χ0v) is 11.5. The molecule has 0 aromatic heterocycles. The fraction of sp³-hybridized carbons (Fsp3) is 0.846. The Kier molecular flexibility index (Phi) is 2.36. The van der Waals surface area contributed by atoms with E-state index < -0.39 is 6.04 Å². The first-order valence-electron chi connectivity index (χ1n) is 6.25. The molecule has 17 heavy (non-hydrogen) atoms. The first-order chi connectivity index (χ1) is 7.62. The highest BCUT2D eigenvalue weighted by Gasteiger charge is 2.69. The van der Waals surface area contributed by atoms with E-state index in [1.54, 1.807) is 11.8 Å². The quantitative estimate of drug-likeness (QED) is 0.745. The Hall–Kier alpha value is -1.06. The van der Waals surface area contributed by atoms with Gasteiger partial charge in [0.25, 0.3) is 0 Å². The predicted octanol–water partition coefficient (Wildman–Crippen LogP) is 1.16. The van der Waals surface area contributed by atoms with E-state index in [1.807, 2.05) is 6.92 Å². The second kappa shape index (κ2) is 3.24. The van der Waals surface area contributed by atoms with Crippen molar-refractivity contribution in [2.24, 2.45) is 10.8 Å². The van der Waals surface area contributed by atoms with Crippen LogP contribution in [0.2, 0.25) is 0 Å². The zero-order valence-electron chi connectivity index (χ0n) is 11.5. The maximum absolute atomic E-state index is 12.2. The zero-order chi connectivity index (χ0) is 13.2. The molecular formula is C13H22N2O2. The Morgan fingerprint density at radius 3 is 1.94 bits per heavy atom. The summed E-state index contributed by atoms with van der Waals surface area (Å²) in [4.78, 5) is 25.9. The summed E-state index contributed by atoms with van der Waals surface area (Å²) in [6, 6.07) is -0.596. The minimum Gasteiger partial charge on any atom is -0.343 e. The van der Waals surface area contributed by atoms with E-state index in [0.29, 0.717) is 0 Å². The molecule has 1 aliphatic carbocycles. The lowest BCUT2D eigenvalue weighted by Gasteiger charge is -2.37. The van der Waals surface area contributed by atoms with E-state index in [9.17, 15) is 9.59 Å². The van der Waals surface area contributed by atoms with Gasteiger partial charge >= 0.3 is 0 Å². The van der Waals surface area contributed by atoms with Gasteiger partial charge in [0, 0.05) is 6.04 Å². The van der Waals surface area contributed by atoms with E-state index in [0.717, 1.165) is 0 Å². The average molecular weight is 238 g/mol. The largest absolute Gasteiger partial charge is 0.343 e. The van der Waals surface area contributed by atoms with Gasteiger partial charge in [0.05, 0.1) is 0 Å². The fourth-order valence-corrected chi connectivity index (χ4v) is 3.14. The van der Waals surface area contributed by atoms with Gasteiger partial charge in [-0.3, -0.25) is 9.59 Å². The average Bonchev–Trinajstić information content (AvgIpc) is 2.58. The molecule has 0 bridgehead atoms. The number of nitrogens with one attached hydrogen (secondary N) is 1. The minimum absolute atomic E-state index is 0.0424. The van der Waals surface area contributed by atoms with Gasteiger partial charge in [-0.25, -0.2) is 0 Å². The fourth-order valence-electron chi connectivity index (χ4n) is 3.14. The van der Waals surface area contributed by atoms with Crippen LogP contribution in [0.25, 0.3) is 0 Å². The second-order valence-electron chi connectivity index (χ2n) is 6.50. The highest BCUT2D eigenvalue weighted by atomic mass is 16.2. The summed E-state index contributed by atoms with van der Waals surface area (Å²) >= 11 is 0. The maximum Gasteiger partial charge on any atom is 0.245 e. The highest BCUT2D eigenvalue weighted by molar-refractivity contribution is 5.97. The Morgan fingerprint density at radius 1 is 1.06 bits per heavy atom. The summed E-state index contributed by atoms with van der Waals surface area (Å²) in [7, 11) is 0. The van der Waals surface area contributed by atoms with Crippen LogP contribution in [-0.2, 0) is 9.59 Å². The van der Waals surface area contributed by atoms with E-state index in [2.05, 4.69) is 33.0 Å². The standard InChI is InChI=1S/C13H22N2O2/c1-7-10(17)15(8(2)9(16)14-7)11-12(3,4)13(11,5)6/h7-8,11H,1-6H3,(H,14,16). The molecule has 2 fully saturated rings. The van der Waals surface area contributed by atoms with Gasteiger partial charge < -0.3 is 10.2 Å². The molecule has 2 rings (SSSR count). The van der Waals surface area contributed by atoms with Crippen molar-refractivity contribution < 1.29 is 9.59 Å². The molecule has 1 N–H and O–H groups in total. The lowest BCUT2D eigenvalue weighted by molar-refractivity contribution is -0.149. The van der Waals surface area contributed by atoms with Crippen molar-refractivity contribution in [3.63, 3.8) is 0 Å². The molecule has 0 aromatic rings. The SMILES string of the molecule is CC1NC(=O)C(C)N(C2C(C)(C)C2(C)C)C1=O. The van der Waals surface area contributed by atoms with Crippen molar-refractivity contribution in [2.75, 3.05) is 0 Å². The third-order valence-electron chi connectivity index (χ3n) is 5.00. The van der Waals surface area contributed by atoms with Crippen LogP contribution in [-0.4, -0.2) is 34.8 Å². The van der Waals surface area contributed by atoms with Crippen molar-refractivity contribution in [3.05, 3.63) is 0 Å². The van der Waals surface area contributed by atoms with Gasteiger partial charge in [0.15, 0.2) is 0 Å². The van der Waals surface area contributed by atoms with Crippen molar-refractivity contribution in [2.45, 2.75) is 59.7 Å². The van der Waals surface area contributed by atoms with Crippen LogP contribution in [0.15, 0.2) is 0 Å². The molecule has 2 aliphatic rings. The van der Waals surface area contributed by atoms with Crippen molar-refractivity contribution in [3.8, 4) is 0 Å². The number of rotatable bonds is 1. The molecule has 4 heteroatoms. The number of hydrogen-bond acceptors (Lipinski definition) is 2. The molecule has 1 heterocycles. The van der Waals surface area contributed by atoms with E-state index >= 15 is 0 Å². The number of nitrogens with zero attached hydrogens (tertiary/aromatic N) is 1. The van der Waals surface area contributed by atoms with Gasteiger partial charge in [0.2, 0.25) is 11.8 Å². The second-order valence-corrected chi connectivity index (χ2v) is 6.50. The molecular weight excluding hydrogens is 216 g/mol. The third kappa shape index (κ3) is 1.42. The summed E-state index contributed by atoms with van der Waals surface area (Å²) in [5.74, 6) is -0.00338. The number of carbonyl (C=O) groups is 2. The molecule has 1 saturated carbocycles. The molecule has 4 nitrogen and oxygen atoms in total. The predicted molar refractivity (Wildman–Crippen MR) is 65.3 cm³/mol.